The summed E-state index contributed by atoms with van der Waals surface area (Å²) in [7, 11) is 4.94. The van der Waals surface area contributed by atoms with Crippen LogP contribution >= 0.6 is 0 Å². The minimum absolute atomic E-state index is 0.0318. The monoisotopic (exact) mass is 295 g/mol. The van der Waals surface area contributed by atoms with Crippen molar-refractivity contribution in [1.82, 2.24) is 5.32 Å². The average Bonchev–Trinajstić information content (AvgIpc) is 2.84. The lowest BCUT2D eigenvalue weighted by atomic mass is 9.94. The van der Waals surface area contributed by atoms with Gasteiger partial charge >= 0.3 is 0 Å². The van der Waals surface area contributed by atoms with Crippen LogP contribution in [-0.2, 0) is 11.3 Å². The number of methoxy groups -OCH3 is 3. The number of benzene rings is 1. The molecule has 1 saturated heterocycles. The van der Waals surface area contributed by atoms with Gasteiger partial charge in [0.25, 0.3) is 0 Å². The fourth-order valence-electron chi connectivity index (χ4n) is 2.61. The summed E-state index contributed by atoms with van der Waals surface area (Å²) in [5, 5.41) is 3.59. The molecule has 0 bridgehead atoms. The maximum Gasteiger partial charge on any atom is 0.130 e. The lowest BCUT2D eigenvalue weighted by molar-refractivity contribution is 0.0879. The second kappa shape index (κ2) is 6.54. The summed E-state index contributed by atoms with van der Waals surface area (Å²) in [6.07, 6.45) is 1.18. The highest BCUT2D eigenvalue weighted by atomic mass is 16.5. The van der Waals surface area contributed by atoms with Gasteiger partial charge < -0.3 is 24.3 Å². The second-order valence-electron chi connectivity index (χ2n) is 5.54. The summed E-state index contributed by atoms with van der Waals surface area (Å²) >= 11 is 0. The fraction of sp³-hybridized carbons (Fsp3) is 0.625. The van der Waals surface area contributed by atoms with Crippen LogP contribution in [0, 0.1) is 0 Å². The SMILES string of the molecule is COc1cc(OC)c(CNC2(C)CCOC2C)c(OC)c1. The maximum absolute atomic E-state index is 5.66. The maximum atomic E-state index is 5.66. The van der Waals surface area contributed by atoms with Crippen LogP contribution < -0.4 is 19.5 Å². The third kappa shape index (κ3) is 3.24. The molecule has 0 aromatic heterocycles. The standard InChI is InChI=1S/C16H25NO4/c1-11-16(2,6-7-21-11)17-10-13-14(19-4)8-12(18-3)9-15(13)20-5/h8-9,11,17H,6-7,10H2,1-5H3. The van der Waals surface area contributed by atoms with Crippen molar-refractivity contribution >= 4 is 0 Å². The van der Waals surface area contributed by atoms with Crippen molar-refractivity contribution in [2.45, 2.75) is 38.5 Å². The predicted octanol–water partition coefficient (Wildman–Crippen LogP) is 2.37. The van der Waals surface area contributed by atoms with Crippen LogP contribution in [0.25, 0.3) is 0 Å². The van der Waals surface area contributed by atoms with Gasteiger partial charge in [-0.05, 0) is 20.3 Å². The first-order chi connectivity index (χ1) is 10.0. The molecule has 2 unspecified atom stereocenters. The Labute approximate surface area is 126 Å². The summed E-state index contributed by atoms with van der Waals surface area (Å²) in [4.78, 5) is 0. The molecule has 0 radical (unpaired) electrons. The molecule has 1 aliphatic heterocycles. The van der Waals surface area contributed by atoms with E-state index in [4.69, 9.17) is 18.9 Å². The van der Waals surface area contributed by atoms with E-state index in [1.165, 1.54) is 0 Å². The second-order valence-corrected chi connectivity index (χ2v) is 5.54. The molecule has 0 spiro atoms. The Kier molecular flexibility index (Phi) is 4.96. The van der Waals surface area contributed by atoms with E-state index in [0.29, 0.717) is 6.54 Å². The summed E-state index contributed by atoms with van der Waals surface area (Å²) in [6.45, 7) is 5.73. The van der Waals surface area contributed by atoms with Crippen LogP contribution in [0.3, 0.4) is 0 Å². The van der Waals surface area contributed by atoms with Crippen molar-refractivity contribution < 1.29 is 18.9 Å². The van der Waals surface area contributed by atoms with E-state index in [9.17, 15) is 0 Å². The van der Waals surface area contributed by atoms with Crippen LogP contribution in [-0.4, -0.2) is 39.6 Å². The highest BCUT2D eigenvalue weighted by Gasteiger charge is 2.36. The van der Waals surface area contributed by atoms with Crippen molar-refractivity contribution in [3.05, 3.63) is 17.7 Å². The largest absolute Gasteiger partial charge is 0.496 e. The van der Waals surface area contributed by atoms with Crippen LogP contribution in [0.1, 0.15) is 25.8 Å². The molecule has 2 atom stereocenters. The van der Waals surface area contributed by atoms with Gasteiger partial charge in [-0.3, -0.25) is 0 Å². The van der Waals surface area contributed by atoms with Crippen molar-refractivity contribution in [2.24, 2.45) is 0 Å². The minimum atomic E-state index is -0.0318. The molecule has 0 amide bonds. The Morgan fingerprint density at radius 2 is 1.81 bits per heavy atom. The van der Waals surface area contributed by atoms with Gasteiger partial charge in [0.1, 0.15) is 17.2 Å². The molecule has 1 N–H and O–H groups in total. The van der Waals surface area contributed by atoms with Gasteiger partial charge in [-0.15, -0.1) is 0 Å². The summed E-state index contributed by atoms with van der Waals surface area (Å²) in [5.41, 5.74) is 0.955. The Hall–Kier alpha value is -1.46. The van der Waals surface area contributed by atoms with Gasteiger partial charge in [0.15, 0.2) is 0 Å². The summed E-state index contributed by atoms with van der Waals surface area (Å²) in [6, 6.07) is 3.74. The Morgan fingerprint density at radius 3 is 2.24 bits per heavy atom. The first-order valence-corrected chi connectivity index (χ1v) is 7.19. The molecule has 1 aliphatic rings. The Morgan fingerprint density at radius 1 is 1.19 bits per heavy atom. The van der Waals surface area contributed by atoms with E-state index in [-0.39, 0.29) is 11.6 Å². The molecule has 0 aliphatic carbocycles. The van der Waals surface area contributed by atoms with E-state index in [2.05, 4.69) is 19.2 Å². The first kappa shape index (κ1) is 15.9. The smallest absolute Gasteiger partial charge is 0.130 e. The number of ether oxygens (including phenoxy) is 4. The van der Waals surface area contributed by atoms with E-state index in [0.717, 1.165) is 35.8 Å². The van der Waals surface area contributed by atoms with Crippen molar-refractivity contribution in [3.8, 4) is 17.2 Å². The zero-order valence-corrected chi connectivity index (χ0v) is 13.5. The molecule has 1 aromatic carbocycles. The lowest BCUT2D eigenvalue weighted by Gasteiger charge is -2.29. The third-order valence-corrected chi connectivity index (χ3v) is 4.37. The molecule has 21 heavy (non-hydrogen) atoms. The van der Waals surface area contributed by atoms with Gasteiger partial charge in [0, 0.05) is 30.8 Å². The highest BCUT2D eigenvalue weighted by Crippen LogP contribution is 2.35. The number of hydrogen-bond acceptors (Lipinski definition) is 5. The number of nitrogens with one attached hydrogen (secondary N) is 1. The molecule has 5 heteroatoms. The number of hydrogen-bond donors (Lipinski definition) is 1. The highest BCUT2D eigenvalue weighted by molar-refractivity contribution is 5.50. The van der Waals surface area contributed by atoms with Crippen LogP contribution in [0.2, 0.25) is 0 Å². The van der Waals surface area contributed by atoms with Crippen LogP contribution in [0.4, 0.5) is 0 Å². The zero-order valence-electron chi connectivity index (χ0n) is 13.5. The molecule has 0 saturated carbocycles. The minimum Gasteiger partial charge on any atom is -0.496 e. The molecule has 1 aromatic rings. The van der Waals surface area contributed by atoms with E-state index >= 15 is 0 Å². The van der Waals surface area contributed by atoms with Gasteiger partial charge in [0.05, 0.1) is 33.0 Å². The quantitative estimate of drug-likeness (QED) is 0.873. The van der Waals surface area contributed by atoms with Gasteiger partial charge in [-0.25, -0.2) is 0 Å². The summed E-state index contributed by atoms with van der Waals surface area (Å²) in [5.74, 6) is 2.24. The average molecular weight is 295 g/mol. The summed E-state index contributed by atoms with van der Waals surface area (Å²) < 4.78 is 21.9. The van der Waals surface area contributed by atoms with E-state index < -0.39 is 0 Å². The van der Waals surface area contributed by atoms with Crippen LogP contribution in [0.15, 0.2) is 12.1 Å². The predicted molar refractivity (Wildman–Crippen MR) is 81.4 cm³/mol. The van der Waals surface area contributed by atoms with Crippen LogP contribution in [0.5, 0.6) is 17.2 Å². The fourth-order valence-corrected chi connectivity index (χ4v) is 2.61. The van der Waals surface area contributed by atoms with Gasteiger partial charge in [-0.1, -0.05) is 0 Å². The van der Waals surface area contributed by atoms with Crippen molar-refractivity contribution in [2.75, 3.05) is 27.9 Å². The molecule has 118 valence electrons. The first-order valence-electron chi connectivity index (χ1n) is 7.19. The number of rotatable bonds is 6. The molecule has 1 heterocycles. The van der Waals surface area contributed by atoms with Gasteiger partial charge in [-0.2, -0.15) is 0 Å². The van der Waals surface area contributed by atoms with Crippen molar-refractivity contribution in [1.29, 1.82) is 0 Å². The van der Waals surface area contributed by atoms with E-state index in [1.807, 2.05) is 12.1 Å². The third-order valence-electron chi connectivity index (χ3n) is 4.37. The Balaban J connectivity index is 2.22. The zero-order chi connectivity index (χ0) is 15.5. The Bertz CT molecular complexity index is 466. The molecular formula is C16H25NO4. The van der Waals surface area contributed by atoms with E-state index in [1.54, 1.807) is 21.3 Å². The topological polar surface area (TPSA) is 49.0 Å². The van der Waals surface area contributed by atoms with Gasteiger partial charge in [0.2, 0.25) is 0 Å². The van der Waals surface area contributed by atoms with Crippen molar-refractivity contribution in [3.63, 3.8) is 0 Å². The molecular weight excluding hydrogens is 270 g/mol. The molecule has 5 nitrogen and oxygen atoms in total. The normalized spacial score (nSPS) is 24.9. The molecule has 2 rings (SSSR count). The molecule has 1 fully saturated rings. The lowest BCUT2D eigenvalue weighted by Crippen LogP contribution is -2.47.